The second-order valence-corrected chi connectivity index (χ2v) is 6.97. The van der Waals surface area contributed by atoms with Gasteiger partial charge >= 0.3 is 6.09 Å². The lowest BCUT2D eigenvalue weighted by Crippen LogP contribution is -2.42. The molecule has 2 rings (SSSR count). The molecule has 0 radical (unpaired) electrons. The Morgan fingerprint density at radius 1 is 1.38 bits per heavy atom. The Labute approximate surface area is 133 Å². The number of likely N-dealkylation sites (tertiary alicyclic amines) is 1. The van der Waals surface area contributed by atoms with Gasteiger partial charge in [0.25, 0.3) is 6.01 Å². The number of carbonyl (C=O) groups is 1. The van der Waals surface area contributed by atoms with Crippen molar-refractivity contribution in [3.8, 4) is 6.01 Å². The predicted molar refractivity (Wildman–Crippen MR) is 82.6 cm³/mol. The summed E-state index contributed by atoms with van der Waals surface area (Å²) in [5.41, 5.74) is -0.452. The van der Waals surface area contributed by atoms with Crippen molar-refractivity contribution in [1.29, 1.82) is 0 Å². The first kappa shape index (κ1) is 16.1. The van der Waals surface area contributed by atoms with Crippen LogP contribution in [-0.2, 0) is 4.74 Å². The summed E-state index contributed by atoms with van der Waals surface area (Å²) in [5.74, 6) is 0. The van der Waals surface area contributed by atoms with Crippen molar-refractivity contribution in [3.05, 3.63) is 10.8 Å². The van der Waals surface area contributed by atoms with Crippen LogP contribution in [0.1, 0.15) is 39.7 Å². The number of halogens is 1. The summed E-state index contributed by atoms with van der Waals surface area (Å²) in [7, 11) is 1.61. The summed E-state index contributed by atoms with van der Waals surface area (Å²) in [4.78, 5) is 18.1. The van der Waals surface area contributed by atoms with Crippen molar-refractivity contribution >= 4 is 22.0 Å². The summed E-state index contributed by atoms with van der Waals surface area (Å²) in [6.07, 6.45) is 3.41. The fourth-order valence-corrected chi connectivity index (χ4v) is 2.79. The average molecular weight is 360 g/mol. The highest BCUT2D eigenvalue weighted by Gasteiger charge is 2.28. The van der Waals surface area contributed by atoms with Crippen LogP contribution in [0, 0.1) is 0 Å². The molecule has 0 saturated carbocycles. The number of imidazole rings is 1. The van der Waals surface area contributed by atoms with E-state index in [1.165, 1.54) is 0 Å². The van der Waals surface area contributed by atoms with Gasteiger partial charge in [-0.15, -0.1) is 0 Å². The van der Waals surface area contributed by atoms with E-state index in [4.69, 9.17) is 9.47 Å². The molecule has 1 aliphatic rings. The number of piperidine rings is 1. The van der Waals surface area contributed by atoms with Crippen LogP contribution in [0.4, 0.5) is 4.79 Å². The molecule has 0 aromatic carbocycles. The molecule has 1 fully saturated rings. The van der Waals surface area contributed by atoms with Crippen LogP contribution in [0.3, 0.4) is 0 Å². The highest BCUT2D eigenvalue weighted by molar-refractivity contribution is 9.10. The minimum Gasteiger partial charge on any atom is -0.468 e. The zero-order valence-electron chi connectivity index (χ0n) is 12.9. The Balaban J connectivity index is 1.95. The van der Waals surface area contributed by atoms with Gasteiger partial charge in [0, 0.05) is 25.3 Å². The molecule has 1 amide bonds. The molecule has 6 nitrogen and oxygen atoms in total. The Kier molecular flexibility index (Phi) is 4.81. The Morgan fingerprint density at radius 2 is 2.00 bits per heavy atom. The van der Waals surface area contributed by atoms with Crippen LogP contribution in [0.5, 0.6) is 6.01 Å². The fraction of sp³-hybridized carbons (Fsp3) is 0.714. The van der Waals surface area contributed by atoms with Gasteiger partial charge in [-0.1, -0.05) is 0 Å². The van der Waals surface area contributed by atoms with Gasteiger partial charge < -0.3 is 14.4 Å². The maximum absolute atomic E-state index is 12.0. The standard InChI is InChI=1S/C14H22BrN3O3/c1-14(2,3)21-13(19)17-7-5-10(6-8-17)18-9-11(15)16-12(18)20-4/h9-10H,5-8H2,1-4H3. The SMILES string of the molecule is COc1nc(Br)cn1C1CCN(C(=O)OC(C)(C)C)CC1. The van der Waals surface area contributed by atoms with Gasteiger partial charge in [0.15, 0.2) is 0 Å². The maximum atomic E-state index is 12.0. The predicted octanol–water partition coefficient (Wildman–Crippen LogP) is 3.23. The topological polar surface area (TPSA) is 56.6 Å². The van der Waals surface area contributed by atoms with Gasteiger partial charge in [-0.2, -0.15) is 4.98 Å². The molecule has 7 heteroatoms. The molecule has 118 valence electrons. The van der Waals surface area contributed by atoms with Crippen LogP contribution in [0.25, 0.3) is 0 Å². The van der Waals surface area contributed by atoms with E-state index in [1.54, 1.807) is 12.0 Å². The molecular formula is C14H22BrN3O3. The summed E-state index contributed by atoms with van der Waals surface area (Å²) >= 11 is 3.36. The molecule has 0 N–H and O–H groups in total. The second-order valence-electron chi connectivity index (χ2n) is 6.16. The zero-order valence-corrected chi connectivity index (χ0v) is 14.5. The molecule has 1 saturated heterocycles. The molecule has 0 unspecified atom stereocenters. The lowest BCUT2D eigenvalue weighted by molar-refractivity contribution is 0.0186. The number of hydrogen-bond donors (Lipinski definition) is 0. The summed E-state index contributed by atoms with van der Waals surface area (Å²) < 4.78 is 13.5. The molecular weight excluding hydrogens is 338 g/mol. The minimum atomic E-state index is -0.452. The molecule has 21 heavy (non-hydrogen) atoms. The van der Waals surface area contributed by atoms with Crippen molar-refractivity contribution in [2.24, 2.45) is 0 Å². The quantitative estimate of drug-likeness (QED) is 0.813. The average Bonchev–Trinajstić information content (AvgIpc) is 2.78. The summed E-state index contributed by atoms with van der Waals surface area (Å²) in [5, 5.41) is 0. The van der Waals surface area contributed by atoms with Crippen LogP contribution >= 0.6 is 15.9 Å². The van der Waals surface area contributed by atoms with Gasteiger partial charge in [0.05, 0.1) is 7.11 Å². The molecule has 0 atom stereocenters. The number of hydrogen-bond acceptors (Lipinski definition) is 4. The summed E-state index contributed by atoms with van der Waals surface area (Å²) in [6, 6.07) is 0.884. The van der Waals surface area contributed by atoms with Gasteiger partial charge in [0.2, 0.25) is 0 Å². The third kappa shape index (κ3) is 4.12. The number of amides is 1. The molecule has 0 spiro atoms. The maximum Gasteiger partial charge on any atom is 0.410 e. The normalized spacial score (nSPS) is 16.9. The van der Waals surface area contributed by atoms with E-state index in [-0.39, 0.29) is 12.1 Å². The van der Waals surface area contributed by atoms with Gasteiger partial charge in [-0.05, 0) is 49.5 Å². The third-order valence-corrected chi connectivity index (χ3v) is 3.74. The van der Waals surface area contributed by atoms with Gasteiger partial charge in [-0.25, -0.2) is 4.79 Å². The number of aromatic nitrogens is 2. The van der Waals surface area contributed by atoms with Crippen LogP contribution in [0.15, 0.2) is 10.8 Å². The van der Waals surface area contributed by atoms with E-state index in [0.29, 0.717) is 19.1 Å². The lowest BCUT2D eigenvalue weighted by atomic mass is 10.1. The van der Waals surface area contributed by atoms with E-state index < -0.39 is 5.60 Å². The van der Waals surface area contributed by atoms with E-state index in [1.807, 2.05) is 31.5 Å². The Hall–Kier alpha value is -1.24. The molecule has 1 aromatic rings. The van der Waals surface area contributed by atoms with Crippen molar-refractivity contribution in [1.82, 2.24) is 14.5 Å². The molecule has 1 aromatic heterocycles. The first-order valence-electron chi connectivity index (χ1n) is 7.06. The molecule has 0 aliphatic carbocycles. The van der Waals surface area contributed by atoms with E-state index in [0.717, 1.165) is 17.4 Å². The van der Waals surface area contributed by atoms with E-state index in [9.17, 15) is 4.79 Å². The minimum absolute atomic E-state index is 0.236. The van der Waals surface area contributed by atoms with Crippen molar-refractivity contribution in [2.45, 2.75) is 45.3 Å². The van der Waals surface area contributed by atoms with Crippen molar-refractivity contribution < 1.29 is 14.3 Å². The smallest absolute Gasteiger partial charge is 0.410 e. The Bertz CT molecular complexity index is 502. The number of methoxy groups -OCH3 is 1. The lowest BCUT2D eigenvalue weighted by Gasteiger charge is -2.34. The molecule has 1 aliphatic heterocycles. The van der Waals surface area contributed by atoms with Crippen LogP contribution in [-0.4, -0.2) is 46.3 Å². The highest BCUT2D eigenvalue weighted by Crippen LogP contribution is 2.29. The first-order valence-corrected chi connectivity index (χ1v) is 7.86. The third-order valence-electron chi connectivity index (χ3n) is 3.36. The monoisotopic (exact) mass is 359 g/mol. The first-order chi connectivity index (χ1) is 9.80. The van der Waals surface area contributed by atoms with Crippen molar-refractivity contribution in [2.75, 3.05) is 20.2 Å². The largest absolute Gasteiger partial charge is 0.468 e. The number of ether oxygens (including phenoxy) is 2. The van der Waals surface area contributed by atoms with E-state index in [2.05, 4.69) is 20.9 Å². The fourth-order valence-electron chi connectivity index (χ4n) is 2.41. The van der Waals surface area contributed by atoms with Crippen molar-refractivity contribution in [3.63, 3.8) is 0 Å². The van der Waals surface area contributed by atoms with Crippen LogP contribution < -0.4 is 4.74 Å². The zero-order chi connectivity index (χ0) is 15.6. The van der Waals surface area contributed by atoms with Gasteiger partial charge in [0.1, 0.15) is 10.2 Å². The number of carbonyl (C=O) groups excluding carboxylic acids is 1. The number of nitrogens with zero attached hydrogens (tertiary/aromatic N) is 3. The molecule has 0 bridgehead atoms. The highest BCUT2D eigenvalue weighted by atomic mass is 79.9. The van der Waals surface area contributed by atoms with E-state index >= 15 is 0 Å². The molecule has 2 heterocycles. The van der Waals surface area contributed by atoms with Gasteiger partial charge in [-0.3, -0.25) is 4.57 Å². The second kappa shape index (κ2) is 6.25. The van der Waals surface area contributed by atoms with Crippen LogP contribution in [0.2, 0.25) is 0 Å². The number of rotatable bonds is 2. The summed E-state index contributed by atoms with van der Waals surface area (Å²) in [6.45, 7) is 7.00. The Morgan fingerprint density at radius 3 is 2.52 bits per heavy atom.